The number of benzene rings is 1. The zero-order valence-corrected chi connectivity index (χ0v) is 13.3. The second kappa shape index (κ2) is 6.24. The molecule has 0 aliphatic heterocycles. The Morgan fingerprint density at radius 1 is 1.26 bits per heavy atom. The normalized spacial score (nSPS) is 13.7. The van der Waals surface area contributed by atoms with Crippen molar-refractivity contribution in [3.63, 3.8) is 0 Å². The van der Waals surface area contributed by atoms with Gasteiger partial charge in [0.1, 0.15) is 0 Å². The molecule has 0 saturated heterocycles. The zero-order chi connectivity index (χ0) is 16.4. The summed E-state index contributed by atoms with van der Waals surface area (Å²) in [5.74, 6) is -0.500. The van der Waals surface area contributed by atoms with Gasteiger partial charge in [-0.3, -0.25) is 14.3 Å². The van der Waals surface area contributed by atoms with Crippen molar-refractivity contribution in [1.29, 1.82) is 0 Å². The molecule has 1 aliphatic carbocycles. The van der Waals surface area contributed by atoms with E-state index in [4.69, 9.17) is 0 Å². The van der Waals surface area contributed by atoms with Crippen molar-refractivity contribution in [3.8, 4) is 11.3 Å². The van der Waals surface area contributed by atoms with E-state index in [9.17, 15) is 9.59 Å². The van der Waals surface area contributed by atoms with Gasteiger partial charge >= 0.3 is 0 Å². The van der Waals surface area contributed by atoms with Gasteiger partial charge < -0.3 is 10.6 Å². The Morgan fingerprint density at radius 3 is 2.61 bits per heavy atom. The lowest BCUT2D eigenvalue weighted by Gasteiger charge is -2.03. The second-order valence-electron chi connectivity index (χ2n) is 5.93. The maximum atomic E-state index is 12.1. The molecule has 3 rings (SSSR count). The van der Waals surface area contributed by atoms with Gasteiger partial charge in [0.25, 0.3) is 5.91 Å². The van der Waals surface area contributed by atoms with Crippen molar-refractivity contribution in [2.45, 2.75) is 25.8 Å². The molecule has 23 heavy (non-hydrogen) atoms. The SMILES string of the molecule is Cc1ccc(-c2cc(C(=O)NCC(=O)NC3CC3)nn2C)cc1. The average molecular weight is 312 g/mol. The van der Waals surface area contributed by atoms with Crippen LogP contribution in [0.3, 0.4) is 0 Å². The lowest BCUT2D eigenvalue weighted by molar-refractivity contribution is -0.120. The minimum Gasteiger partial charge on any atom is -0.352 e. The fourth-order valence-corrected chi connectivity index (χ4v) is 2.33. The molecule has 1 aromatic heterocycles. The first kappa shape index (κ1) is 15.3. The smallest absolute Gasteiger partial charge is 0.272 e. The number of carbonyl (C=O) groups excluding carboxylic acids is 2. The largest absolute Gasteiger partial charge is 0.352 e. The number of aromatic nitrogens is 2. The standard InChI is InChI=1S/C17H20N4O2/c1-11-3-5-12(6-4-11)15-9-14(20-21(15)2)17(23)18-10-16(22)19-13-7-8-13/h3-6,9,13H,7-8,10H2,1-2H3,(H,18,23)(H,19,22). The summed E-state index contributed by atoms with van der Waals surface area (Å²) >= 11 is 0. The van der Waals surface area contributed by atoms with Crippen LogP contribution in [0.15, 0.2) is 30.3 Å². The van der Waals surface area contributed by atoms with Crippen LogP contribution in [0.25, 0.3) is 11.3 Å². The van der Waals surface area contributed by atoms with E-state index in [1.807, 2.05) is 31.2 Å². The molecule has 2 N–H and O–H groups in total. The van der Waals surface area contributed by atoms with Gasteiger partial charge in [0.2, 0.25) is 5.91 Å². The third kappa shape index (κ3) is 3.77. The molecule has 0 unspecified atom stereocenters. The van der Waals surface area contributed by atoms with Gasteiger partial charge in [0.15, 0.2) is 5.69 Å². The van der Waals surface area contributed by atoms with Crippen molar-refractivity contribution in [2.75, 3.05) is 6.54 Å². The summed E-state index contributed by atoms with van der Waals surface area (Å²) in [6.45, 7) is 2.00. The maximum Gasteiger partial charge on any atom is 0.272 e. The van der Waals surface area contributed by atoms with E-state index in [1.54, 1.807) is 17.8 Å². The molecular weight excluding hydrogens is 292 g/mol. The van der Waals surface area contributed by atoms with E-state index in [0.717, 1.165) is 24.1 Å². The molecule has 0 radical (unpaired) electrons. The Labute approximate surface area is 134 Å². The molecule has 0 spiro atoms. The van der Waals surface area contributed by atoms with Crippen LogP contribution in [0.2, 0.25) is 0 Å². The predicted octanol–water partition coefficient (Wildman–Crippen LogP) is 1.40. The van der Waals surface area contributed by atoms with E-state index >= 15 is 0 Å². The third-order valence-electron chi connectivity index (χ3n) is 3.81. The van der Waals surface area contributed by atoms with Crippen LogP contribution in [0, 0.1) is 6.92 Å². The van der Waals surface area contributed by atoms with Gasteiger partial charge in [-0.25, -0.2) is 0 Å². The number of carbonyl (C=O) groups is 2. The molecule has 6 heteroatoms. The Hall–Kier alpha value is -2.63. The van der Waals surface area contributed by atoms with Crippen LogP contribution in [0.1, 0.15) is 28.9 Å². The van der Waals surface area contributed by atoms with Gasteiger partial charge in [-0.1, -0.05) is 29.8 Å². The molecule has 0 bridgehead atoms. The molecule has 2 amide bonds. The van der Waals surface area contributed by atoms with E-state index in [0.29, 0.717) is 11.7 Å². The maximum absolute atomic E-state index is 12.1. The van der Waals surface area contributed by atoms with Crippen molar-refractivity contribution in [2.24, 2.45) is 7.05 Å². The average Bonchev–Trinajstić information content (AvgIpc) is 3.25. The number of rotatable bonds is 5. The lowest BCUT2D eigenvalue weighted by atomic mass is 10.1. The monoisotopic (exact) mass is 312 g/mol. The van der Waals surface area contributed by atoms with Crippen LogP contribution in [-0.2, 0) is 11.8 Å². The zero-order valence-electron chi connectivity index (χ0n) is 13.3. The molecular formula is C17H20N4O2. The van der Waals surface area contributed by atoms with E-state index in [1.165, 1.54) is 5.56 Å². The number of nitrogens with one attached hydrogen (secondary N) is 2. The summed E-state index contributed by atoms with van der Waals surface area (Å²) in [6, 6.07) is 10.1. The topological polar surface area (TPSA) is 76.0 Å². The Morgan fingerprint density at radius 2 is 1.96 bits per heavy atom. The summed E-state index contributed by atoms with van der Waals surface area (Å²) in [4.78, 5) is 23.7. The quantitative estimate of drug-likeness (QED) is 0.876. The molecule has 1 heterocycles. The molecule has 1 fully saturated rings. The van der Waals surface area contributed by atoms with E-state index in [2.05, 4.69) is 15.7 Å². The first-order chi connectivity index (χ1) is 11.0. The highest BCUT2D eigenvalue weighted by Crippen LogP contribution is 2.20. The van der Waals surface area contributed by atoms with Gasteiger partial charge in [-0.05, 0) is 31.4 Å². The third-order valence-corrected chi connectivity index (χ3v) is 3.81. The van der Waals surface area contributed by atoms with Gasteiger partial charge in [0, 0.05) is 13.1 Å². The highest BCUT2D eigenvalue weighted by Gasteiger charge is 2.23. The fraction of sp³-hybridized carbons (Fsp3) is 0.353. The first-order valence-corrected chi connectivity index (χ1v) is 7.71. The van der Waals surface area contributed by atoms with Gasteiger partial charge in [-0.15, -0.1) is 0 Å². The molecule has 1 aromatic carbocycles. The molecule has 1 saturated carbocycles. The van der Waals surface area contributed by atoms with Crippen LogP contribution in [0.5, 0.6) is 0 Å². The highest BCUT2D eigenvalue weighted by atomic mass is 16.2. The highest BCUT2D eigenvalue weighted by molar-refractivity contribution is 5.95. The summed E-state index contributed by atoms with van der Waals surface area (Å²) < 4.78 is 1.67. The first-order valence-electron chi connectivity index (χ1n) is 7.71. The molecule has 1 aliphatic rings. The minimum absolute atomic E-state index is 0.0221. The Bertz CT molecular complexity index is 730. The molecule has 0 atom stereocenters. The Balaban J connectivity index is 1.65. The number of hydrogen-bond donors (Lipinski definition) is 2. The van der Waals surface area contributed by atoms with E-state index < -0.39 is 0 Å². The van der Waals surface area contributed by atoms with Gasteiger partial charge in [-0.2, -0.15) is 5.10 Å². The molecule has 6 nitrogen and oxygen atoms in total. The van der Waals surface area contributed by atoms with Crippen LogP contribution in [-0.4, -0.2) is 34.2 Å². The van der Waals surface area contributed by atoms with Crippen LogP contribution < -0.4 is 10.6 Å². The summed E-state index contributed by atoms with van der Waals surface area (Å²) in [5, 5.41) is 9.67. The summed E-state index contributed by atoms with van der Waals surface area (Å²) in [5.41, 5.74) is 3.34. The van der Waals surface area contributed by atoms with Crippen molar-refractivity contribution in [1.82, 2.24) is 20.4 Å². The number of aryl methyl sites for hydroxylation is 2. The van der Waals surface area contributed by atoms with Crippen LogP contribution >= 0.6 is 0 Å². The van der Waals surface area contributed by atoms with Crippen LogP contribution in [0.4, 0.5) is 0 Å². The number of amides is 2. The predicted molar refractivity (Wildman–Crippen MR) is 86.9 cm³/mol. The van der Waals surface area contributed by atoms with Crippen molar-refractivity contribution >= 4 is 11.8 Å². The number of nitrogens with zero attached hydrogens (tertiary/aromatic N) is 2. The summed E-state index contributed by atoms with van der Waals surface area (Å²) in [6.07, 6.45) is 2.06. The van der Waals surface area contributed by atoms with Crippen molar-refractivity contribution < 1.29 is 9.59 Å². The lowest BCUT2D eigenvalue weighted by Crippen LogP contribution is -2.38. The summed E-state index contributed by atoms with van der Waals surface area (Å²) in [7, 11) is 1.80. The fourth-order valence-electron chi connectivity index (χ4n) is 2.33. The molecule has 120 valence electrons. The minimum atomic E-state index is -0.343. The van der Waals surface area contributed by atoms with Crippen molar-refractivity contribution in [3.05, 3.63) is 41.6 Å². The second-order valence-corrected chi connectivity index (χ2v) is 5.93. The van der Waals surface area contributed by atoms with Gasteiger partial charge in [0.05, 0.1) is 12.2 Å². The Kier molecular flexibility index (Phi) is 4.14. The number of hydrogen-bond acceptors (Lipinski definition) is 3. The van der Waals surface area contributed by atoms with E-state index in [-0.39, 0.29) is 18.4 Å². The molecule has 2 aromatic rings.